The summed E-state index contributed by atoms with van der Waals surface area (Å²) in [6.45, 7) is 14.2. The molecule has 4 heterocycles. The van der Waals surface area contributed by atoms with E-state index >= 15 is 0 Å². The van der Waals surface area contributed by atoms with Crippen LogP contribution in [-0.2, 0) is 16.2 Å². The number of fused-ring (bicyclic) bond motifs is 11. The van der Waals surface area contributed by atoms with Gasteiger partial charge in [0.25, 0.3) is 0 Å². The van der Waals surface area contributed by atoms with Gasteiger partial charge in [0, 0.05) is 38.4 Å². The van der Waals surface area contributed by atoms with E-state index in [1.165, 1.54) is 72.3 Å². The van der Waals surface area contributed by atoms with E-state index in [0.717, 1.165) is 50.4 Å². The molecule has 69 heavy (non-hydrogen) atoms. The van der Waals surface area contributed by atoms with Gasteiger partial charge in [0.1, 0.15) is 11.0 Å². The average Bonchev–Trinajstić information content (AvgIpc) is 4.07. The minimum absolute atomic E-state index is 0.279. The van der Waals surface area contributed by atoms with Crippen molar-refractivity contribution in [2.24, 2.45) is 0 Å². The number of rotatable bonds is 4. The summed E-state index contributed by atoms with van der Waals surface area (Å²) in [5, 5.41) is 2.46. The molecule has 6 nitrogen and oxygen atoms in total. The van der Waals surface area contributed by atoms with Gasteiger partial charge in [0.2, 0.25) is 11.8 Å². The molecular weight excluding hydrogens is 845 g/mol. The monoisotopic (exact) mass is 892 g/mol. The summed E-state index contributed by atoms with van der Waals surface area (Å²) in [7, 11) is 0. The van der Waals surface area contributed by atoms with E-state index in [4.69, 9.17) is 18.8 Å². The fourth-order valence-corrected chi connectivity index (χ4v) is 12.1. The van der Waals surface area contributed by atoms with Crippen LogP contribution in [-0.4, -0.2) is 9.97 Å². The zero-order valence-electron chi connectivity index (χ0n) is 39.4. The van der Waals surface area contributed by atoms with Crippen molar-refractivity contribution in [3.05, 3.63) is 215 Å². The minimum atomic E-state index is -0.331. The van der Waals surface area contributed by atoms with Crippen molar-refractivity contribution in [1.82, 2.24) is 9.97 Å². The van der Waals surface area contributed by atoms with E-state index in [2.05, 4.69) is 185 Å². The molecule has 1 aliphatic carbocycles. The first kappa shape index (κ1) is 39.9. The summed E-state index contributed by atoms with van der Waals surface area (Å²) in [4.78, 5) is 14.8. The highest BCUT2D eigenvalue weighted by molar-refractivity contribution is 6.11. The third-order valence-electron chi connectivity index (χ3n) is 15.7. The largest absolute Gasteiger partial charge is 0.436 e. The Kier molecular flexibility index (Phi) is 8.05. The quantitative estimate of drug-likeness (QED) is 0.175. The van der Waals surface area contributed by atoms with Crippen LogP contribution in [0.3, 0.4) is 0 Å². The summed E-state index contributed by atoms with van der Waals surface area (Å²) >= 11 is 0. The molecule has 3 aliphatic rings. The van der Waals surface area contributed by atoms with Gasteiger partial charge < -0.3 is 18.6 Å². The zero-order valence-corrected chi connectivity index (χ0v) is 39.4. The van der Waals surface area contributed by atoms with Gasteiger partial charge in [-0.15, -0.1) is 0 Å². The maximum absolute atomic E-state index is 6.34. The molecular formula is C63H48N4O2. The molecule has 0 saturated heterocycles. The average molecular weight is 893 g/mol. The lowest BCUT2D eigenvalue weighted by molar-refractivity contribution is 0.615. The second-order valence-electron chi connectivity index (χ2n) is 20.6. The molecule has 6 heteroatoms. The van der Waals surface area contributed by atoms with Crippen molar-refractivity contribution in [1.29, 1.82) is 0 Å². The van der Waals surface area contributed by atoms with E-state index in [1.807, 2.05) is 48.5 Å². The van der Waals surface area contributed by atoms with Crippen LogP contribution in [0.5, 0.6) is 0 Å². The van der Waals surface area contributed by atoms with E-state index in [-0.39, 0.29) is 16.2 Å². The van der Waals surface area contributed by atoms with Crippen molar-refractivity contribution >= 4 is 67.1 Å². The Labute approximate surface area is 401 Å². The summed E-state index contributed by atoms with van der Waals surface area (Å²) < 4.78 is 12.7. The first-order valence-electron chi connectivity index (χ1n) is 24.0. The fourth-order valence-electron chi connectivity index (χ4n) is 12.1. The highest BCUT2D eigenvalue weighted by atomic mass is 16.4. The maximum atomic E-state index is 6.34. The van der Waals surface area contributed by atoms with Crippen LogP contribution < -0.4 is 9.80 Å². The van der Waals surface area contributed by atoms with Gasteiger partial charge in [-0.25, -0.2) is 9.97 Å². The zero-order chi connectivity index (χ0) is 46.6. The van der Waals surface area contributed by atoms with Gasteiger partial charge in [-0.2, -0.15) is 0 Å². The van der Waals surface area contributed by atoms with Crippen LogP contribution in [0.4, 0.5) is 34.1 Å². The number of oxazole rings is 2. The Morgan fingerprint density at radius 3 is 1.43 bits per heavy atom. The Hall–Kier alpha value is -8.22. The van der Waals surface area contributed by atoms with E-state index in [9.17, 15) is 0 Å². The smallest absolute Gasteiger partial charge is 0.227 e. The number of aromatic nitrogens is 2. The van der Waals surface area contributed by atoms with Gasteiger partial charge in [0.05, 0.1) is 28.4 Å². The lowest BCUT2D eigenvalue weighted by atomic mass is 9.73. The molecule has 0 spiro atoms. The van der Waals surface area contributed by atoms with Crippen molar-refractivity contribution in [3.8, 4) is 34.0 Å². The fraction of sp³-hybridized carbons (Fsp3) is 0.143. The van der Waals surface area contributed by atoms with Crippen LogP contribution in [0.25, 0.3) is 67.0 Å². The summed E-state index contributed by atoms with van der Waals surface area (Å²) in [5.41, 5.74) is 21.5. The van der Waals surface area contributed by atoms with Crippen LogP contribution in [0.15, 0.2) is 191 Å². The number of hydrogen-bond donors (Lipinski definition) is 0. The van der Waals surface area contributed by atoms with E-state index in [1.54, 1.807) is 0 Å². The molecule has 9 aromatic carbocycles. The molecule has 0 unspecified atom stereocenters. The topological polar surface area (TPSA) is 58.5 Å². The van der Waals surface area contributed by atoms with Crippen LogP contribution in [0.1, 0.15) is 74.9 Å². The van der Waals surface area contributed by atoms with Crippen molar-refractivity contribution in [2.45, 2.75) is 57.8 Å². The third-order valence-corrected chi connectivity index (χ3v) is 15.7. The molecule has 0 saturated carbocycles. The van der Waals surface area contributed by atoms with Gasteiger partial charge in [-0.05, 0) is 141 Å². The first-order valence-corrected chi connectivity index (χ1v) is 24.0. The Balaban J connectivity index is 0.926. The number of benzene rings is 9. The molecule has 2 aromatic heterocycles. The minimum Gasteiger partial charge on any atom is -0.436 e. The normalized spacial score (nSPS) is 15.7. The van der Waals surface area contributed by atoms with E-state index in [0.29, 0.717) is 11.8 Å². The van der Waals surface area contributed by atoms with Crippen molar-refractivity contribution in [3.63, 3.8) is 0 Å². The van der Waals surface area contributed by atoms with Gasteiger partial charge in [-0.1, -0.05) is 133 Å². The molecule has 0 fully saturated rings. The summed E-state index contributed by atoms with van der Waals surface area (Å²) in [6, 6.07) is 65.9. The number of anilines is 6. The molecule has 332 valence electrons. The molecule has 0 amide bonds. The lowest BCUT2D eigenvalue weighted by Gasteiger charge is -2.43. The number of para-hydroxylation sites is 6. The molecule has 0 N–H and O–H groups in total. The highest BCUT2D eigenvalue weighted by Crippen LogP contribution is 2.60. The van der Waals surface area contributed by atoms with Crippen molar-refractivity contribution in [2.75, 3.05) is 9.80 Å². The van der Waals surface area contributed by atoms with Crippen LogP contribution >= 0.6 is 0 Å². The molecule has 2 aliphatic heterocycles. The molecule has 14 rings (SSSR count). The Morgan fingerprint density at radius 1 is 0.362 bits per heavy atom. The molecule has 11 aromatic rings. The number of nitrogens with zero attached hydrogens (tertiary/aromatic N) is 4. The Bertz CT molecular complexity index is 3910. The predicted molar refractivity (Wildman–Crippen MR) is 281 cm³/mol. The van der Waals surface area contributed by atoms with Gasteiger partial charge in [-0.3, -0.25) is 0 Å². The van der Waals surface area contributed by atoms with Crippen LogP contribution in [0.2, 0.25) is 0 Å². The highest BCUT2D eigenvalue weighted by Gasteiger charge is 2.43. The third kappa shape index (κ3) is 5.54. The van der Waals surface area contributed by atoms with Crippen LogP contribution in [0, 0.1) is 0 Å². The lowest BCUT2D eigenvalue weighted by Crippen LogP contribution is -2.31. The molecule has 0 atom stereocenters. The predicted octanol–water partition coefficient (Wildman–Crippen LogP) is 17.0. The number of hydrogen-bond acceptors (Lipinski definition) is 6. The summed E-state index contributed by atoms with van der Waals surface area (Å²) in [6.07, 6.45) is 0. The maximum Gasteiger partial charge on any atom is 0.227 e. The molecule has 0 radical (unpaired) electrons. The second kappa shape index (κ2) is 13.9. The van der Waals surface area contributed by atoms with Crippen molar-refractivity contribution < 1.29 is 8.83 Å². The molecule has 0 bridgehead atoms. The first-order chi connectivity index (χ1) is 33.5. The van der Waals surface area contributed by atoms with E-state index < -0.39 is 0 Å². The van der Waals surface area contributed by atoms with Gasteiger partial charge in [0.15, 0.2) is 11.2 Å². The van der Waals surface area contributed by atoms with Gasteiger partial charge >= 0.3 is 0 Å². The summed E-state index contributed by atoms with van der Waals surface area (Å²) in [5.74, 6) is 1.26. The second-order valence-corrected chi connectivity index (χ2v) is 20.6. The Morgan fingerprint density at radius 2 is 0.841 bits per heavy atom. The standard InChI is InChI=1S/C63H48N4O2/c1-61(2)43-19-9-13-23-51(43)66(53-31-27-37(33-46(53)61)59-64-49-21-11-15-25-56(49)68-59)39-29-30-42-45(35-39)63(5,6)48-36-55(40-17-7-8-18-41(40)58(42)48)67-52-24-14-10-20-44(52)62(3,4)47-34-38(28-32-54(47)67)60-65-50-22-12-16-26-57(50)69-60/h7-36H,1-6H3. The SMILES string of the molecule is CC1(C)c2ccccc2N(c2ccc3c(c2)C(C)(C)c2cc(N4c5ccccc5C(C)(C)c5cc(-c6nc7ccccc7o6)ccc54)c4ccccc4c2-3)c2ccc(-c3nc4ccccc4o3)cc21.